The molecule has 1 heteroatoms. The molecule has 146 valence electrons. The fourth-order valence-electron chi connectivity index (χ4n) is 4.12. The van der Waals surface area contributed by atoms with Gasteiger partial charge in [0, 0.05) is 16.4 Å². The summed E-state index contributed by atoms with van der Waals surface area (Å²) in [4.78, 5) is 0. The van der Waals surface area contributed by atoms with Gasteiger partial charge in [0.15, 0.2) is 0 Å². The van der Waals surface area contributed by atoms with Crippen molar-refractivity contribution in [1.82, 2.24) is 0 Å². The first-order chi connectivity index (χ1) is 13.0. The van der Waals surface area contributed by atoms with E-state index >= 15 is 0 Å². The van der Waals surface area contributed by atoms with E-state index in [1.165, 1.54) is 27.8 Å². The van der Waals surface area contributed by atoms with Crippen LogP contribution >= 0.6 is 0 Å². The summed E-state index contributed by atoms with van der Waals surface area (Å²) in [5.74, 6) is 0.367. The second kappa shape index (κ2) is 7.13. The molecule has 3 aromatic carbocycles. The minimum atomic E-state index is -0.288. The fourth-order valence-corrected chi connectivity index (χ4v) is 4.12. The molecule has 0 spiro atoms. The van der Waals surface area contributed by atoms with Gasteiger partial charge >= 0.3 is 0 Å². The molecule has 1 nitrogen and oxygen atoms in total. The Morgan fingerprint density at radius 1 is 0.571 bits per heavy atom. The molecule has 0 unspecified atom stereocenters. The number of phenols is 1. The van der Waals surface area contributed by atoms with Crippen LogP contribution in [0.5, 0.6) is 5.75 Å². The quantitative estimate of drug-likeness (QED) is 0.524. The smallest absolute Gasteiger partial charge is 0.119 e. The van der Waals surface area contributed by atoms with Crippen LogP contribution in [-0.4, -0.2) is 5.11 Å². The van der Waals surface area contributed by atoms with Crippen LogP contribution in [0.25, 0.3) is 0 Å². The van der Waals surface area contributed by atoms with Gasteiger partial charge in [0.25, 0.3) is 0 Å². The first kappa shape index (κ1) is 20.2. The number of phenolic OH excluding ortho intramolecular Hbond substituents is 1. The molecule has 0 radical (unpaired) electrons. The van der Waals surface area contributed by atoms with Crippen molar-refractivity contribution in [2.45, 2.75) is 59.3 Å². The van der Waals surface area contributed by atoms with Crippen molar-refractivity contribution < 1.29 is 5.11 Å². The van der Waals surface area contributed by atoms with Crippen molar-refractivity contribution >= 4 is 0 Å². The van der Waals surface area contributed by atoms with Crippen molar-refractivity contribution in [1.29, 1.82) is 0 Å². The standard InChI is InChI=1S/C27H32O/c1-18-8-12-21(13-9-18)26(4,5)23-17-24(25(28)16-20(23)3)27(6,7)22-14-10-19(2)11-15-22/h8-17,28H,1-7H3. The van der Waals surface area contributed by atoms with Gasteiger partial charge in [-0.05, 0) is 49.1 Å². The zero-order valence-electron chi connectivity index (χ0n) is 18.2. The molecule has 3 aromatic rings. The van der Waals surface area contributed by atoms with Gasteiger partial charge in [0.1, 0.15) is 5.75 Å². The van der Waals surface area contributed by atoms with Crippen LogP contribution in [0.3, 0.4) is 0 Å². The van der Waals surface area contributed by atoms with E-state index < -0.39 is 0 Å². The van der Waals surface area contributed by atoms with Gasteiger partial charge in [0.05, 0.1) is 0 Å². The zero-order valence-corrected chi connectivity index (χ0v) is 18.2. The lowest BCUT2D eigenvalue weighted by atomic mass is 9.71. The zero-order chi connectivity index (χ0) is 20.7. The Balaban J connectivity index is 2.15. The van der Waals surface area contributed by atoms with E-state index in [4.69, 9.17) is 0 Å². The number of aromatic hydroxyl groups is 1. The predicted molar refractivity (Wildman–Crippen MR) is 119 cm³/mol. The van der Waals surface area contributed by atoms with E-state index in [1.807, 2.05) is 6.07 Å². The van der Waals surface area contributed by atoms with E-state index in [0.29, 0.717) is 5.75 Å². The molecule has 0 fully saturated rings. The average molecular weight is 373 g/mol. The lowest BCUT2D eigenvalue weighted by Crippen LogP contribution is -2.24. The van der Waals surface area contributed by atoms with E-state index in [9.17, 15) is 5.11 Å². The lowest BCUT2D eigenvalue weighted by Gasteiger charge is -2.33. The van der Waals surface area contributed by atoms with E-state index in [2.05, 4.69) is 103 Å². The van der Waals surface area contributed by atoms with Crippen LogP contribution in [0.2, 0.25) is 0 Å². The van der Waals surface area contributed by atoms with Crippen LogP contribution in [0.4, 0.5) is 0 Å². The molecule has 3 rings (SSSR count). The van der Waals surface area contributed by atoms with Gasteiger partial charge < -0.3 is 5.11 Å². The third kappa shape index (κ3) is 3.58. The van der Waals surface area contributed by atoms with Crippen molar-refractivity contribution in [3.63, 3.8) is 0 Å². The highest BCUT2D eigenvalue weighted by atomic mass is 16.3. The van der Waals surface area contributed by atoms with Gasteiger partial charge in [0.2, 0.25) is 0 Å². The second-order valence-electron chi connectivity index (χ2n) is 9.17. The number of benzene rings is 3. The maximum absolute atomic E-state index is 10.8. The van der Waals surface area contributed by atoms with Crippen LogP contribution < -0.4 is 0 Å². The normalized spacial score (nSPS) is 12.2. The first-order valence-electron chi connectivity index (χ1n) is 10.0. The fraction of sp³-hybridized carbons (Fsp3) is 0.333. The molecule has 28 heavy (non-hydrogen) atoms. The van der Waals surface area contributed by atoms with Gasteiger partial charge in [-0.25, -0.2) is 0 Å². The maximum Gasteiger partial charge on any atom is 0.119 e. The molecule has 1 N–H and O–H groups in total. The molecule has 0 aliphatic rings. The SMILES string of the molecule is Cc1ccc(C(C)(C)c2cc(C(C)(C)c3ccc(C)cc3)c(O)cc2C)cc1. The second-order valence-corrected chi connectivity index (χ2v) is 9.17. The summed E-state index contributed by atoms with van der Waals surface area (Å²) in [6, 6.07) is 21.5. The molecule has 0 bridgehead atoms. The van der Waals surface area contributed by atoms with Gasteiger partial charge in [-0.1, -0.05) is 93.4 Å². The van der Waals surface area contributed by atoms with Crippen LogP contribution in [-0.2, 0) is 10.8 Å². The Morgan fingerprint density at radius 2 is 0.964 bits per heavy atom. The van der Waals surface area contributed by atoms with Crippen molar-refractivity contribution in [3.8, 4) is 5.75 Å². The third-order valence-electron chi connectivity index (χ3n) is 6.24. The molecule has 0 aliphatic carbocycles. The van der Waals surface area contributed by atoms with Crippen LogP contribution in [0.1, 0.15) is 66.6 Å². The van der Waals surface area contributed by atoms with Crippen molar-refractivity contribution in [3.05, 3.63) is 99.6 Å². The molecule has 0 atom stereocenters. The summed E-state index contributed by atoms with van der Waals surface area (Å²) in [7, 11) is 0. The van der Waals surface area contributed by atoms with E-state index in [1.54, 1.807) is 0 Å². The molecular weight excluding hydrogens is 340 g/mol. The first-order valence-corrected chi connectivity index (χ1v) is 10.0. The Bertz CT molecular complexity index is 895. The molecule has 0 heterocycles. The number of aryl methyl sites for hydroxylation is 3. The summed E-state index contributed by atoms with van der Waals surface area (Å²) in [6.45, 7) is 15.2. The van der Waals surface area contributed by atoms with Crippen molar-refractivity contribution in [2.24, 2.45) is 0 Å². The molecule has 0 saturated heterocycles. The Labute approximate surface area is 170 Å². The minimum Gasteiger partial charge on any atom is -0.508 e. The van der Waals surface area contributed by atoms with Crippen LogP contribution in [0, 0.1) is 20.8 Å². The Kier molecular flexibility index (Phi) is 5.14. The Hall–Kier alpha value is -2.54. The Morgan fingerprint density at radius 3 is 1.39 bits per heavy atom. The lowest BCUT2D eigenvalue weighted by molar-refractivity contribution is 0.451. The molecule has 0 amide bonds. The van der Waals surface area contributed by atoms with Crippen molar-refractivity contribution in [2.75, 3.05) is 0 Å². The van der Waals surface area contributed by atoms with Gasteiger partial charge in [-0.3, -0.25) is 0 Å². The molecule has 0 aliphatic heterocycles. The number of hydrogen-bond donors (Lipinski definition) is 1. The molecule has 0 saturated carbocycles. The number of rotatable bonds is 4. The summed E-state index contributed by atoms with van der Waals surface area (Å²) >= 11 is 0. The number of hydrogen-bond acceptors (Lipinski definition) is 1. The largest absolute Gasteiger partial charge is 0.508 e. The summed E-state index contributed by atoms with van der Waals surface area (Å²) in [5, 5.41) is 10.8. The topological polar surface area (TPSA) is 20.2 Å². The summed E-state index contributed by atoms with van der Waals surface area (Å²) < 4.78 is 0. The molecular formula is C27H32O. The summed E-state index contributed by atoms with van der Waals surface area (Å²) in [5.41, 5.74) is 7.90. The van der Waals surface area contributed by atoms with Crippen LogP contribution in [0.15, 0.2) is 60.7 Å². The summed E-state index contributed by atoms with van der Waals surface area (Å²) in [6.07, 6.45) is 0. The average Bonchev–Trinajstić information content (AvgIpc) is 2.62. The monoisotopic (exact) mass is 372 g/mol. The highest BCUT2D eigenvalue weighted by molar-refractivity contribution is 5.53. The van der Waals surface area contributed by atoms with E-state index in [0.717, 1.165) is 11.1 Å². The molecule has 0 aromatic heterocycles. The predicted octanol–water partition coefficient (Wildman–Crippen LogP) is 6.97. The van der Waals surface area contributed by atoms with Gasteiger partial charge in [-0.15, -0.1) is 0 Å². The third-order valence-corrected chi connectivity index (χ3v) is 6.24. The maximum atomic E-state index is 10.8. The highest BCUT2D eigenvalue weighted by Crippen LogP contribution is 2.42. The highest BCUT2D eigenvalue weighted by Gasteiger charge is 2.31. The van der Waals surface area contributed by atoms with E-state index in [-0.39, 0.29) is 10.8 Å². The minimum absolute atomic E-state index is 0.149. The van der Waals surface area contributed by atoms with Gasteiger partial charge in [-0.2, -0.15) is 0 Å².